The van der Waals surface area contributed by atoms with E-state index in [0.717, 1.165) is 22.1 Å². The van der Waals surface area contributed by atoms with Gasteiger partial charge in [-0.1, -0.05) is 23.2 Å². The van der Waals surface area contributed by atoms with Crippen molar-refractivity contribution < 1.29 is 0 Å². The number of aromatic nitrogens is 5. The lowest BCUT2D eigenvalue weighted by atomic mass is 10.2. The van der Waals surface area contributed by atoms with Gasteiger partial charge < -0.3 is 4.98 Å². The van der Waals surface area contributed by atoms with Gasteiger partial charge in [-0.05, 0) is 24.3 Å². The molecule has 3 heterocycles. The molecule has 0 saturated carbocycles. The van der Waals surface area contributed by atoms with Crippen molar-refractivity contribution in [3.05, 3.63) is 46.8 Å². The third-order valence-electron chi connectivity index (χ3n) is 3.13. The van der Waals surface area contributed by atoms with Crippen LogP contribution in [0.2, 0.25) is 10.2 Å². The lowest BCUT2D eigenvalue weighted by Gasteiger charge is -1.99. The maximum atomic E-state index is 5.96. The summed E-state index contributed by atoms with van der Waals surface area (Å²) in [5.41, 5.74) is 3.80. The van der Waals surface area contributed by atoms with Crippen molar-refractivity contribution in [2.45, 2.75) is 0 Å². The number of hydrogen-bond acceptors (Lipinski definition) is 4. The number of nitrogens with zero attached hydrogens (tertiary/aromatic N) is 4. The van der Waals surface area contributed by atoms with Crippen LogP contribution in [-0.2, 0) is 0 Å². The molecular formula is C14H7Cl2N5. The summed E-state index contributed by atoms with van der Waals surface area (Å²) >= 11 is 11.9. The SMILES string of the molecule is Clc1cc2[nH]c(-c3ccc4nccnc4c3)nc2nc1Cl. The Labute approximate surface area is 129 Å². The van der Waals surface area contributed by atoms with Crippen LogP contribution in [0.4, 0.5) is 0 Å². The predicted molar refractivity (Wildman–Crippen MR) is 82.4 cm³/mol. The van der Waals surface area contributed by atoms with Crippen molar-refractivity contribution in [2.24, 2.45) is 0 Å². The second-order valence-corrected chi connectivity index (χ2v) is 5.24. The zero-order chi connectivity index (χ0) is 14.4. The van der Waals surface area contributed by atoms with Crippen LogP contribution in [0.3, 0.4) is 0 Å². The summed E-state index contributed by atoms with van der Waals surface area (Å²) in [6.07, 6.45) is 3.32. The Hall–Kier alpha value is -2.24. The average Bonchev–Trinajstić information content (AvgIpc) is 2.90. The smallest absolute Gasteiger partial charge is 0.179 e. The Morgan fingerprint density at radius 1 is 0.905 bits per heavy atom. The Balaban J connectivity index is 1.91. The molecule has 102 valence electrons. The van der Waals surface area contributed by atoms with E-state index in [-0.39, 0.29) is 5.15 Å². The van der Waals surface area contributed by atoms with Crippen LogP contribution >= 0.6 is 23.2 Å². The van der Waals surface area contributed by atoms with Crippen LogP contribution in [0.5, 0.6) is 0 Å². The first-order valence-electron chi connectivity index (χ1n) is 6.13. The summed E-state index contributed by atoms with van der Waals surface area (Å²) in [5, 5.41) is 0.635. The normalized spacial score (nSPS) is 11.3. The van der Waals surface area contributed by atoms with Crippen molar-refractivity contribution in [1.29, 1.82) is 0 Å². The lowest BCUT2D eigenvalue weighted by Crippen LogP contribution is -1.85. The zero-order valence-corrected chi connectivity index (χ0v) is 12.0. The van der Waals surface area contributed by atoms with Crippen LogP contribution in [-0.4, -0.2) is 24.9 Å². The number of halogens is 2. The van der Waals surface area contributed by atoms with Gasteiger partial charge in [0.1, 0.15) is 11.0 Å². The standard InChI is InChI=1S/C14H7Cl2N5/c15-8-6-11-14(20-12(8)16)21-13(19-11)7-1-2-9-10(5-7)18-4-3-17-9/h1-6H,(H,19,20,21). The molecule has 0 bridgehead atoms. The second kappa shape index (κ2) is 4.65. The molecule has 0 fully saturated rings. The number of H-pyrrole nitrogens is 1. The van der Waals surface area contributed by atoms with E-state index in [2.05, 4.69) is 24.9 Å². The summed E-state index contributed by atoms with van der Waals surface area (Å²) in [6, 6.07) is 7.46. The summed E-state index contributed by atoms with van der Waals surface area (Å²) in [6.45, 7) is 0. The summed E-state index contributed by atoms with van der Waals surface area (Å²) in [5.74, 6) is 0.684. The van der Waals surface area contributed by atoms with Crippen LogP contribution in [0, 0.1) is 0 Å². The first-order chi connectivity index (χ1) is 10.2. The Kier molecular flexibility index (Phi) is 2.77. The fourth-order valence-electron chi connectivity index (χ4n) is 2.14. The molecule has 0 atom stereocenters. The molecule has 3 aromatic heterocycles. The van der Waals surface area contributed by atoms with E-state index in [1.807, 2.05) is 18.2 Å². The highest BCUT2D eigenvalue weighted by Crippen LogP contribution is 2.26. The highest BCUT2D eigenvalue weighted by molar-refractivity contribution is 6.41. The minimum absolute atomic E-state index is 0.242. The molecule has 4 rings (SSSR count). The van der Waals surface area contributed by atoms with Crippen molar-refractivity contribution in [3.8, 4) is 11.4 Å². The molecule has 4 aromatic rings. The van der Waals surface area contributed by atoms with Crippen molar-refractivity contribution in [3.63, 3.8) is 0 Å². The van der Waals surface area contributed by atoms with E-state index >= 15 is 0 Å². The maximum Gasteiger partial charge on any atom is 0.179 e. The monoisotopic (exact) mass is 315 g/mol. The van der Waals surface area contributed by atoms with E-state index < -0.39 is 0 Å². The number of imidazole rings is 1. The van der Waals surface area contributed by atoms with Crippen molar-refractivity contribution >= 4 is 45.4 Å². The Morgan fingerprint density at radius 2 is 1.71 bits per heavy atom. The Bertz CT molecular complexity index is 941. The third-order valence-corrected chi connectivity index (χ3v) is 3.80. The molecular weight excluding hydrogens is 309 g/mol. The molecule has 0 unspecified atom stereocenters. The van der Waals surface area contributed by atoms with Crippen LogP contribution < -0.4 is 0 Å². The summed E-state index contributed by atoms with van der Waals surface area (Å²) < 4.78 is 0. The summed E-state index contributed by atoms with van der Waals surface area (Å²) in [4.78, 5) is 20.3. The molecule has 7 heteroatoms. The van der Waals surface area contributed by atoms with Gasteiger partial charge in [0, 0.05) is 18.0 Å². The molecule has 0 amide bonds. The minimum atomic E-state index is 0.242. The van der Waals surface area contributed by atoms with Crippen LogP contribution in [0.25, 0.3) is 33.6 Å². The van der Waals surface area contributed by atoms with E-state index in [1.165, 1.54) is 0 Å². The Morgan fingerprint density at radius 3 is 2.57 bits per heavy atom. The molecule has 0 radical (unpaired) electrons. The third kappa shape index (κ3) is 2.11. The predicted octanol–water partition coefficient (Wildman–Crippen LogP) is 3.87. The highest BCUT2D eigenvalue weighted by Gasteiger charge is 2.10. The summed E-state index contributed by atoms with van der Waals surface area (Å²) in [7, 11) is 0. The molecule has 1 N–H and O–H groups in total. The fourth-order valence-corrected chi connectivity index (χ4v) is 2.43. The number of rotatable bonds is 1. The minimum Gasteiger partial charge on any atom is -0.337 e. The lowest BCUT2D eigenvalue weighted by molar-refractivity contribution is 1.28. The first kappa shape index (κ1) is 12.5. The first-order valence-corrected chi connectivity index (χ1v) is 6.89. The van der Waals surface area contributed by atoms with Crippen molar-refractivity contribution in [2.75, 3.05) is 0 Å². The molecule has 0 aliphatic carbocycles. The molecule has 0 aliphatic rings. The van der Waals surface area contributed by atoms with Gasteiger partial charge in [-0.15, -0.1) is 0 Å². The van der Waals surface area contributed by atoms with Gasteiger partial charge in [-0.3, -0.25) is 9.97 Å². The van der Waals surface area contributed by atoms with Gasteiger partial charge in [0.25, 0.3) is 0 Å². The molecule has 0 spiro atoms. The average molecular weight is 316 g/mol. The topological polar surface area (TPSA) is 67.3 Å². The van der Waals surface area contributed by atoms with Crippen molar-refractivity contribution in [1.82, 2.24) is 24.9 Å². The van der Waals surface area contributed by atoms with E-state index in [9.17, 15) is 0 Å². The number of nitrogens with one attached hydrogen (secondary N) is 1. The number of aromatic amines is 1. The van der Waals surface area contributed by atoms with Gasteiger partial charge in [0.05, 0.1) is 21.6 Å². The number of pyridine rings is 1. The quantitative estimate of drug-likeness (QED) is 0.541. The fraction of sp³-hybridized carbons (Fsp3) is 0. The number of fused-ring (bicyclic) bond motifs is 2. The molecule has 0 saturated heterocycles. The number of hydrogen-bond donors (Lipinski definition) is 1. The van der Waals surface area contributed by atoms with E-state index in [0.29, 0.717) is 16.5 Å². The van der Waals surface area contributed by atoms with Crippen LogP contribution in [0.15, 0.2) is 36.7 Å². The maximum absolute atomic E-state index is 5.96. The molecule has 5 nitrogen and oxygen atoms in total. The highest BCUT2D eigenvalue weighted by atomic mass is 35.5. The van der Waals surface area contributed by atoms with E-state index in [4.69, 9.17) is 23.2 Å². The molecule has 0 aliphatic heterocycles. The largest absolute Gasteiger partial charge is 0.337 e. The zero-order valence-electron chi connectivity index (χ0n) is 10.5. The van der Waals surface area contributed by atoms with Gasteiger partial charge >= 0.3 is 0 Å². The van der Waals surface area contributed by atoms with Gasteiger partial charge in [0.2, 0.25) is 0 Å². The van der Waals surface area contributed by atoms with Gasteiger partial charge in [-0.25, -0.2) is 9.97 Å². The molecule has 1 aromatic carbocycles. The van der Waals surface area contributed by atoms with Crippen LogP contribution in [0.1, 0.15) is 0 Å². The van der Waals surface area contributed by atoms with E-state index in [1.54, 1.807) is 18.5 Å². The number of benzene rings is 1. The van der Waals surface area contributed by atoms with Gasteiger partial charge in [-0.2, -0.15) is 0 Å². The van der Waals surface area contributed by atoms with Gasteiger partial charge in [0.15, 0.2) is 5.65 Å². The second-order valence-electron chi connectivity index (χ2n) is 4.48. The molecule has 21 heavy (non-hydrogen) atoms.